The lowest BCUT2D eigenvalue weighted by atomic mass is 9.98. The quantitative estimate of drug-likeness (QED) is 0.659. The molecule has 0 atom stereocenters. The number of fused-ring (bicyclic) bond motifs is 1. The number of H-pyrrole nitrogens is 2. The number of piperidine rings is 1. The van der Waals surface area contributed by atoms with Gasteiger partial charge in [-0.15, -0.1) is 0 Å². The van der Waals surface area contributed by atoms with Crippen LogP contribution in [-0.4, -0.2) is 29.6 Å². The number of hydrogen-bond donors (Lipinski definition) is 4. The standard InChI is InChI=1S/C13H18N4O/c18-13-16-11-2-1-10(7-12(11)17-13)15-8-9-3-5-14-6-4-9/h1-2,7,9,14-15H,3-6,8H2,(H2,16,17,18). The third-order valence-electron chi connectivity index (χ3n) is 3.57. The maximum atomic E-state index is 11.2. The molecule has 96 valence electrons. The van der Waals surface area contributed by atoms with Crippen molar-refractivity contribution in [3.8, 4) is 0 Å². The van der Waals surface area contributed by atoms with Crippen molar-refractivity contribution in [2.24, 2.45) is 5.92 Å². The number of aromatic amines is 2. The van der Waals surface area contributed by atoms with E-state index in [-0.39, 0.29) is 5.69 Å². The molecule has 18 heavy (non-hydrogen) atoms. The second-order valence-corrected chi connectivity index (χ2v) is 4.91. The van der Waals surface area contributed by atoms with E-state index in [1.54, 1.807) is 0 Å². The van der Waals surface area contributed by atoms with Crippen LogP contribution in [0.3, 0.4) is 0 Å². The largest absolute Gasteiger partial charge is 0.385 e. The SMILES string of the molecule is O=c1[nH]c2ccc(NCC3CCNCC3)cc2[nH]1. The molecule has 4 N–H and O–H groups in total. The topological polar surface area (TPSA) is 72.7 Å². The summed E-state index contributed by atoms with van der Waals surface area (Å²) in [6.45, 7) is 3.24. The van der Waals surface area contributed by atoms with Gasteiger partial charge in [-0.25, -0.2) is 4.79 Å². The molecule has 1 fully saturated rings. The van der Waals surface area contributed by atoms with E-state index in [1.807, 2.05) is 18.2 Å². The molecule has 2 heterocycles. The van der Waals surface area contributed by atoms with Gasteiger partial charge < -0.3 is 20.6 Å². The van der Waals surface area contributed by atoms with Gasteiger partial charge in [-0.1, -0.05) is 0 Å². The first-order valence-corrected chi connectivity index (χ1v) is 6.48. The van der Waals surface area contributed by atoms with Gasteiger partial charge in [0.2, 0.25) is 0 Å². The molecule has 0 unspecified atom stereocenters. The van der Waals surface area contributed by atoms with Crippen LogP contribution in [0.2, 0.25) is 0 Å². The van der Waals surface area contributed by atoms with Gasteiger partial charge in [-0.2, -0.15) is 0 Å². The van der Waals surface area contributed by atoms with Crippen molar-refractivity contribution >= 4 is 16.7 Å². The summed E-state index contributed by atoms with van der Waals surface area (Å²) in [5, 5.41) is 6.82. The van der Waals surface area contributed by atoms with Crippen LogP contribution < -0.4 is 16.3 Å². The molecule has 5 nitrogen and oxygen atoms in total. The maximum absolute atomic E-state index is 11.2. The minimum Gasteiger partial charge on any atom is -0.385 e. The fraction of sp³-hybridized carbons (Fsp3) is 0.462. The minimum absolute atomic E-state index is 0.152. The minimum atomic E-state index is -0.152. The molecular weight excluding hydrogens is 228 g/mol. The molecule has 0 saturated carbocycles. The number of anilines is 1. The number of imidazole rings is 1. The Morgan fingerprint density at radius 3 is 2.78 bits per heavy atom. The first-order valence-electron chi connectivity index (χ1n) is 6.48. The molecule has 1 aromatic carbocycles. The molecule has 1 aliphatic heterocycles. The van der Waals surface area contributed by atoms with E-state index in [4.69, 9.17) is 0 Å². The molecule has 0 bridgehead atoms. The fourth-order valence-electron chi connectivity index (χ4n) is 2.49. The van der Waals surface area contributed by atoms with Gasteiger partial charge in [0, 0.05) is 12.2 Å². The molecule has 0 amide bonds. The third-order valence-corrected chi connectivity index (χ3v) is 3.57. The number of aromatic nitrogens is 2. The van der Waals surface area contributed by atoms with Crippen LogP contribution in [0.15, 0.2) is 23.0 Å². The molecule has 1 saturated heterocycles. The Morgan fingerprint density at radius 1 is 1.17 bits per heavy atom. The summed E-state index contributed by atoms with van der Waals surface area (Å²) in [5.74, 6) is 0.743. The zero-order valence-corrected chi connectivity index (χ0v) is 10.3. The Balaban J connectivity index is 1.68. The van der Waals surface area contributed by atoms with Crippen molar-refractivity contribution < 1.29 is 0 Å². The summed E-state index contributed by atoms with van der Waals surface area (Å²) in [5.41, 5.74) is 2.62. The molecule has 0 radical (unpaired) electrons. The molecule has 1 aliphatic rings. The highest BCUT2D eigenvalue weighted by Crippen LogP contribution is 2.17. The zero-order chi connectivity index (χ0) is 12.4. The summed E-state index contributed by atoms with van der Waals surface area (Å²) in [6, 6.07) is 5.92. The Kier molecular flexibility index (Phi) is 3.06. The summed E-state index contributed by atoms with van der Waals surface area (Å²) in [7, 11) is 0. The lowest BCUT2D eigenvalue weighted by molar-refractivity contribution is 0.390. The van der Waals surface area contributed by atoms with E-state index < -0.39 is 0 Å². The predicted octanol–water partition coefficient (Wildman–Crippen LogP) is 1.27. The van der Waals surface area contributed by atoms with Crippen LogP contribution in [0.1, 0.15) is 12.8 Å². The van der Waals surface area contributed by atoms with Crippen LogP contribution in [0.25, 0.3) is 11.0 Å². The number of benzene rings is 1. The van der Waals surface area contributed by atoms with Crippen LogP contribution in [-0.2, 0) is 0 Å². The van der Waals surface area contributed by atoms with E-state index in [9.17, 15) is 4.79 Å². The molecule has 2 aromatic rings. The summed E-state index contributed by atoms with van der Waals surface area (Å²) >= 11 is 0. The molecule has 5 heteroatoms. The van der Waals surface area contributed by atoms with Crippen molar-refractivity contribution in [2.45, 2.75) is 12.8 Å². The molecular formula is C13H18N4O. The highest BCUT2D eigenvalue weighted by atomic mass is 16.1. The van der Waals surface area contributed by atoms with E-state index in [2.05, 4.69) is 20.6 Å². The van der Waals surface area contributed by atoms with Crippen molar-refractivity contribution in [1.82, 2.24) is 15.3 Å². The van der Waals surface area contributed by atoms with Gasteiger partial charge in [-0.05, 0) is 50.0 Å². The molecule has 1 aromatic heterocycles. The van der Waals surface area contributed by atoms with Gasteiger partial charge in [0.1, 0.15) is 0 Å². The lowest BCUT2D eigenvalue weighted by Gasteiger charge is -2.23. The summed E-state index contributed by atoms with van der Waals surface area (Å²) in [6.07, 6.45) is 2.46. The first kappa shape index (κ1) is 11.3. The van der Waals surface area contributed by atoms with Crippen molar-refractivity contribution in [3.63, 3.8) is 0 Å². The maximum Gasteiger partial charge on any atom is 0.323 e. The van der Waals surface area contributed by atoms with Crippen molar-refractivity contribution in [3.05, 3.63) is 28.7 Å². The molecule has 0 aliphatic carbocycles. The van der Waals surface area contributed by atoms with E-state index >= 15 is 0 Å². The van der Waals surface area contributed by atoms with Gasteiger partial charge >= 0.3 is 5.69 Å². The predicted molar refractivity (Wildman–Crippen MR) is 73.0 cm³/mol. The number of hydrogen-bond acceptors (Lipinski definition) is 3. The van der Waals surface area contributed by atoms with Crippen LogP contribution >= 0.6 is 0 Å². The van der Waals surface area contributed by atoms with Crippen LogP contribution in [0, 0.1) is 5.92 Å². The Labute approximate surface area is 105 Å². The highest BCUT2D eigenvalue weighted by molar-refractivity contribution is 5.78. The van der Waals surface area contributed by atoms with Gasteiger partial charge in [0.05, 0.1) is 11.0 Å². The van der Waals surface area contributed by atoms with Crippen molar-refractivity contribution in [1.29, 1.82) is 0 Å². The molecule has 3 rings (SSSR count). The Morgan fingerprint density at radius 2 is 1.94 bits per heavy atom. The van der Waals surface area contributed by atoms with Gasteiger partial charge in [0.25, 0.3) is 0 Å². The zero-order valence-electron chi connectivity index (χ0n) is 10.3. The highest BCUT2D eigenvalue weighted by Gasteiger charge is 2.12. The third kappa shape index (κ3) is 2.41. The Bertz CT molecular complexity index is 580. The average Bonchev–Trinajstić information content (AvgIpc) is 2.77. The van der Waals surface area contributed by atoms with E-state index in [1.165, 1.54) is 12.8 Å². The van der Waals surface area contributed by atoms with Crippen LogP contribution in [0.5, 0.6) is 0 Å². The lowest BCUT2D eigenvalue weighted by Crippen LogP contribution is -2.31. The average molecular weight is 246 g/mol. The second-order valence-electron chi connectivity index (χ2n) is 4.91. The van der Waals surface area contributed by atoms with E-state index in [0.717, 1.165) is 42.3 Å². The number of rotatable bonds is 3. The van der Waals surface area contributed by atoms with Gasteiger partial charge in [0.15, 0.2) is 0 Å². The normalized spacial score (nSPS) is 17.1. The smallest absolute Gasteiger partial charge is 0.323 e. The molecule has 0 spiro atoms. The summed E-state index contributed by atoms with van der Waals surface area (Å²) in [4.78, 5) is 16.7. The first-order chi connectivity index (χ1) is 8.81. The van der Waals surface area contributed by atoms with Crippen molar-refractivity contribution in [2.75, 3.05) is 25.0 Å². The number of nitrogens with one attached hydrogen (secondary N) is 4. The van der Waals surface area contributed by atoms with E-state index in [0.29, 0.717) is 0 Å². The fourth-order valence-corrected chi connectivity index (χ4v) is 2.49. The van der Waals surface area contributed by atoms with Crippen LogP contribution in [0.4, 0.5) is 5.69 Å². The van der Waals surface area contributed by atoms with Gasteiger partial charge in [-0.3, -0.25) is 0 Å². The second kappa shape index (κ2) is 4.86. The Hall–Kier alpha value is -1.75. The summed E-state index contributed by atoms with van der Waals surface area (Å²) < 4.78 is 0. The monoisotopic (exact) mass is 246 g/mol.